The number of anilines is 2. The van der Waals surface area contributed by atoms with Gasteiger partial charge in [-0.3, -0.25) is 25.0 Å². The van der Waals surface area contributed by atoms with Gasteiger partial charge in [0.05, 0.1) is 9.85 Å². The minimum atomic E-state index is -0.635. The van der Waals surface area contributed by atoms with Crippen molar-refractivity contribution in [2.45, 2.75) is 0 Å². The van der Waals surface area contributed by atoms with Gasteiger partial charge in [0.15, 0.2) is 0 Å². The summed E-state index contributed by atoms with van der Waals surface area (Å²) < 4.78 is 0. The average Bonchev–Trinajstić information content (AvgIpc) is 2.67. The molecule has 1 aliphatic rings. The second-order valence-corrected chi connectivity index (χ2v) is 6.64. The zero-order valence-corrected chi connectivity index (χ0v) is 15.3. The van der Waals surface area contributed by atoms with Crippen molar-refractivity contribution >= 4 is 40.3 Å². The molecule has 2 N–H and O–H groups in total. The van der Waals surface area contributed by atoms with Gasteiger partial charge in [-0.25, -0.2) is 0 Å². The highest BCUT2D eigenvalue weighted by Gasteiger charge is 2.27. The standard InChI is InChI=1S/C17H16ClN5O5/c18-12-2-4-14(16(10-12)23(27)28)20-5-7-21(8-6-20)17(24)11-1-3-13(19)15(9-11)22(25)26/h1-4,9-10H,5-8,19H2. The molecule has 10 nitrogen and oxygen atoms in total. The number of hydrogen-bond donors (Lipinski definition) is 1. The number of amides is 1. The van der Waals surface area contributed by atoms with E-state index in [9.17, 15) is 25.0 Å². The third kappa shape index (κ3) is 3.81. The Kier molecular flexibility index (Phi) is 5.32. The summed E-state index contributed by atoms with van der Waals surface area (Å²) in [6.07, 6.45) is 0. The van der Waals surface area contributed by atoms with E-state index in [1.807, 2.05) is 4.90 Å². The highest BCUT2D eigenvalue weighted by molar-refractivity contribution is 6.30. The smallest absolute Gasteiger partial charge is 0.294 e. The molecule has 0 radical (unpaired) electrons. The first-order chi connectivity index (χ1) is 13.3. The molecular formula is C17H16ClN5O5. The Labute approximate surface area is 164 Å². The average molecular weight is 406 g/mol. The van der Waals surface area contributed by atoms with E-state index in [2.05, 4.69) is 0 Å². The third-order valence-corrected chi connectivity index (χ3v) is 4.75. The first-order valence-electron chi connectivity index (χ1n) is 8.30. The van der Waals surface area contributed by atoms with E-state index in [0.717, 1.165) is 6.07 Å². The summed E-state index contributed by atoms with van der Waals surface area (Å²) in [6, 6.07) is 8.39. The number of hydrogen-bond acceptors (Lipinski definition) is 7. The highest BCUT2D eigenvalue weighted by Crippen LogP contribution is 2.32. The number of nitrogens with two attached hydrogens (primary N) is 1. The van der Waals surface area contributed by atoms with Crippen molar-refractivity contribution in [1.82, 2.24) is 4.90 Å². The molecule has 0 bridgehead atoms. The van der Waals surface area contributed by atoms with Crippen molar-refractivity contribution in [2.75, 3.05) is 36.8 Å². The number of nitrogen functional groups attached to an aromatic ring is 1. The normalized spacial score (nSPS) is 14.0. The van der Waals surface area contributed by atoms with Crippen LogP contribution in [0.25, 0.3) is 0 Å². The maximum Gasteiger partial charge on any atom is 0.294 e. The van der Waals surface area contributed by atoms with Gasteiger partial charge in [0, 0.05) is 48.9 Å². The fourth-order valence-electron chi connectivity index (χ4n) is 3.08. The van der Waals surface area contributed by atoms with E-state index in [4.69, 9.17) is 17.3 Å². The fraction of sp³-hybridized carbons (Fsp3) is 0.235. The van der Waals surface area contributed by atoms with Crippen LogP contribution in [0.15, 0.2) is 36.4 Å². The molecule has 1 heterocycles. The summed E-state index contributed by atoms with van der Waals surface area (Å²) in [5.41, 5.74) is 5.74. The Morgan fingerprint density at radius 1 is 0.964 bits per heavy atom. The number of piperazine rings is 1. The quantitative estimate of drug-likeness (QED) is 0.469. The lowest BCUT2D eigenvalue weighted by atomic mass is 10.1. The Bertz CT molecular complexity index is 959. The van der Waals surface area contributed by atoms with E-state index in [-0.39, 0.29) is 33.6 Å². The number of nitro groups is 2. The minimum absolute atomic E-state index is 0.0126. The monoisotopic (exact) mass is 405 g/mol. The van der Waals surface area contributed by atoms with E-state index in [0.29, 0.717) is 31.9 Å². The maximum absolute atomic E-state index is 12.7. The molecule has 0 aromatic heterocycles. The van der Waals surface area contributed by atoms with Crippen LogP contribution in [-0.2, 0) is 0 Å². The molecule has 1 aliphatic heterocycles. The molecule has 2 aromatic rings. The van der Waals surface area contributed by atoms with Gasteiger partial charge in [0.25, 0.3) is 17.3 Å². The zero-order valence-electron chi connectivity index (χ0n) is 14.6. The van der Waals surface area contributed by atoms with Crippen LogP contribution in [0.2, 0.25) is 5.02 Å². The number of benzene rings is 2. The van der Waals surface area contributed by atoms with Crippen LogP contribution in [0.1, 0.15) is 10.4 Å². The Morgan fingerprint density at radius 2 is 1.61 bits per heavy atom. The minimum Gasteiger partial charge on any atom is -0.393 e. The van der Waals surface area contributed by atoms with Gasteiger partial charge in [0.1, 0.15) is 11.4 Å². The Balaban J connectivity index is 1.74. The van der Waals surface area contributed by atoms with Gasteiger partial charge in [-0.1, -0.05) is 11.6 Å². The highest BCUT2D eigenvalue weighted by atomic mass is 35.5. The number of nitrogens with zero attached hydrogens (tertiary/aromatic N) is 4. The first-order valence-corrected chi connectivity index (χ1v) is 8.68. The number of carbonyl (C=O) groups excluding carboxylic acids is 1. The van der Waals surface area contributed by atoms with E-state index in [1.165, 1.54) is 18.2 Å². The van der Waals surface area contributed by atoms with Gasteiger partial charge in [-0.15, -0.1) is 0 Å². The third-order valence-electron chi connectivity index (χ3n) is 4.52. The topological polar surface area (TPSA) is 136 Å². The van der Waals surface area contributed by atoms with Crippen LogP contribution in [0.5, 0.6) is 0 Å². The summed E-state index contributed by atoms with van der Waals surface area (Å²) in [7, 11) is 0. The summed E-state index contributed by atoms with van der Waals surface area (Å²) in [5, 5.41) is 22.6. The molecule has 0 saturated carbocycles. The first kappa shape index (κ1) is 19.4. The van der Waals surface area contributed by atoms with Gasteiger partial charge >= 0.3 is 0 Å². The number of halogens is 1. The summed E-state index contributed by atoms with van der Waals surface area (Å²) in [6.45, 7) is 1.39. The Hall–Kier alpha value is -3.40. The number of carbonyl (C=O) groups is 1. The van der Waals surface area contributed by atoms with Crippen LogP contribution in [-0.4, -0.2) is 46.8 Å². The van der Waals surface area contributed by atoms with Crippen molar-refractivity contribution in [3.8, 4) is 0 Å². The van der Waals surface area contributed by atoms with Crippen molar-refractivity contribution in [3.63, 3.8) is 0 Å². The fourth-order valence-corrected chi connectivity index (χ4v) is 3.24. The zero-order chi connectivity index (χ0) is 20.4. The molecule has 11 heteroatoms. The number of rotatable bonds is 4. The lowest BCUT2D eigenvalue weighted by molar-refractivity contribution is -0.384. The van der Waals surface area contributed by atoms with Crippen molar-refractivity contribution in [2.24, 2.45) is 0 Å². The second kappa shape index (κ2) is 7.69. The Morgan fingerprint density at radius 3 is 2.21 bits per heavy atom. The van der Waals surface area contributed by atoms with Crippen molar-refractivity contribution in [1.29, 1.82) is 0 Å². The molecule has 28 heavy (non-hydrogen) atoms. The lowest BCUT2D eigenvalue weighted by Gasteiger charge is -2.35. The van der Waals surface area contributed by atoms with Gasteiger partial charge in [-0.05, 0) is 24.3 Å². The van der Waals surface area contributed by atoms with Crippen LogP contribution >= 0.6 is 11.6 Å². The molecule has 0 aliphatic carbocycles. The SMILES string of the molecule is Nc1ccc(C(=O)N2CCN(c3ccc(Cl)cc3[N+](=O)[O-])CC2)cc1[N+](=O)[O-]. The molecule has 0 atom stereocenters. The van der Waals surface area contributed by atoms with Crippen LogP contribution < -0.4 is 10.6 Å². The van der Waals surface area contributed by atoms with E-state index >= 15 is 0 Å². The van der Waals surface area contributed by atoms with Gasteiger partial charge in [0.2, 0.25) is 0 Å². The molecule has 3 rings (SSSR count). The predicted octanol–water partition coefficient (Wildman–Crippen LogP) is 2.70. The van der Waals surface area contributed by atoms with Gasteiger partial charge < -0.3 is 15.5 Å². The van der Waals surface area contributed by atoms with Crippen molar-refractivity contribution < 1.29 is 14.6 Å². The largest absolute Gasteiger partial charge is 0.393 e. The lowest BCUT2D eigenvalue weighted by Crippen LogP contribution is -2.49. The molecule has 146 valence electrons. The van der Waals surface area contributed by atoms with Crippen LogP contribution in [0.3, 0.4) is 0 Å². The molecule has 2 aromatic carbocycles. The van der Waals surface area contributed by atoms with Crippen LogP contribution in [0, 0.1) is 20.2 Å². The number of nitro benzene ring substituents is 2. The van der Waals surface area contributed by atoms with Crippen molar-refractivity contribution in [3.05, 3.63) is 67.2 Å². The molecule has 0 spiro atoms. The molecule has 1 amide bonds. The van der Waals surface area contributed by atoms with E-state index in [1.54, 1.807) is 17.0 Å². The molecule has 1 saturated heterocycles. The molecular weight excluding hydrogens is 390 g/mol. The second-order valence-electron chi connectivity index (χ2n) is 6.20. The van der Waals surface area contributed by atoms with Crippen LogP contribution in [0.4, 0.5) is 22.7 Å². The maximum atomic E-state index is 12.7. The van der Waals surface area contributed by atoms with E-state index < -0.39 is 9.85 Å². The van der Waals surface area contributed by atoms with Gasteiger partial charge in [-0.2, -0.15) is 0 Å². The molecule has 1 fully saturated rings. The summed E-state index contributed by atoms with van der Waals surface area (Å²) >= 11 is 5.85. The molecule has 0 unspecified atom stereocenters. The predicted molar refractivity (Wildman–Crippen MR) is 104 cm³/mol. The summed E-state index contributed by atoms with van der Waals surface area (Å²) in [4.78, 5) is 37.2. The summed E-state index contributed by atoms with van der Waals surface area (Å²) in [5.74, 6) is -0.353.